The summed E-state index contributed by atoms with van der Waals surface area (Å²) < 4.78 is 0. The zero-order valence-electron chi connectivity index (χ0n) is 11.3. The molecule has 0 aliphatic rings. The quantitative estimate of drug-likeness (QED) is 0.425. The Morgan fingerprint density at radius 2 is 2.14 bits per heavy atom. The molecule has 1 rings (SSSR count). The zero-order valence-corrected chi connectivity index (χ0v) is 13.6. The van der Waals surface area contributed by atoms with Crippen molar-refractivity contribution in [2.75, 3.05) is 29.2 Å². The van der Waals surface area contributed by atoms with Gasteiger partial charge in [0.15, 0.2) is 0 Å². The van der Waals surface area contributed by atoms with Crippen molar-refractivity contribution in [3.63, 3.8) is 0 Å². The van der Waals surface area contributed by atoms with Crippen LogP contribution >= 0.6 is 35.0 Å². The Bertz CT molecular complexity index is 465. The molecule has 1 atom stereocenters. The maximum atomic E-state index is 11.8. The van der Waals surface area contributed by atoms with Crippen LogP contribution in [0.5, 0.6) is 0 Å². The highest BCUT2D eigenvalue weighted by Gasteiger charge is 2.10. The Kier molecular flexibility index (Phi) is 8.21. The molecule has 5 nitrogen and oxygen atoms in total. The summed E-state index contributed by atoms with van der Waals surface area (Å²) in [6.07, 6.45) is 0.261. The third-order valence-corrected chi connectivity index (χ3v) is 4.28. The zero-order chi connectivity index (χ0) is 15.8. The van der Waals surface area contributed by atoms with Crippen LogP contribution in [0.25, 0.3) is 0 Å². The van der Waals surface area contributed by atoms with E-state index in [4.69, 9.17) is 39.1 Å². The van der Waals surface area contributed by atoms with Crippen molar-refractivity contribution in [1.29, 1.82) is 0 Å². The van der Waals surface area contributed by atoms with E-state index in [0.717, 1.165) is 0 Å². The normalized spacial score (nSPS) is 12.2. The summed E-state index contributed by atoms with van der Waals surface area (Å²) in [6, 6.07) is 3.04. The van der Waals surface area contributed by atoms with Gasteiger partial charge in [0.2, 0.25) is 5.91 Å². The van der Waals surface area contributed by atoms with Gasteiger partial charge in [0.05, 0.1) is 29.1 Å². The van der Waals surface area contributed by atoms with Gasteiger partial charge < -0.3 is 21.3 Å². The highest BCUT2D eigenvalue weighted by molar-refractivity contribution is 7.99. The van der Waals surface area contributed by atoms with Gasteiger partial charge in [-0.2, -0.15) is 11.8 Å². The number of benzene rings is 1. The number of halogens is 2. The first-order valence-electron chi connectivity index (χ1n) is 6.35. The number of nitrogen functional groups attached to an aromatic ring is 1. The lowest BCUT2D eigenvalue weighted by atomic mass is 10.2. The highest BCUT2D eigenvalue weighted by atomic mass is 35.5. The Balaban J connectivity index is 2.35. The maximum absolute atomic E-state index is 11.8. The molecule has 0 aromatic heterocycles. The third-order valence-electron chi connectivity index (χ3n) is 2.56. The predicted octanol–water partition coefficient (Wildman–Crippen LogP) is 2.38. The topological polar surface area (TPSA) is 95.6 Å². The second kappa shape index (κ2) is 9.38. The van der Waals surface area contributed by atoms with Crippen LogP contribution in [-0.2, 0) is 4.79 Å². The Labute approximate surface area is 137 Å². The number of thioether (sulfide) groups is 1. The first-order chi connectivity index (χ1) is 9.93. The van der Waals surface area contributed by atoms with Gasteiger partial charge in [0.1, 0.15) is 0 Å². The smallest absolute Gasteiger partial charge is 0.224 e. The first-order valence-corrected chi connectivity index (χ1v) is 8.26. The molecule has 21 heavy (non-hydrogen) atoms. The summed E-state index contributed by atoms with van der Waals surface area (Å²) >= 11 is 13.3. The Hall–Kier alpha value is -0.660. The Morgan fingerprint density at radius 3 is 2.76 bits per heavy atom. The van der Waals surface area contributed by atoms with Crippen LogP contribution in [0, 0.1) is 0 Å². The van der Waals surface area contributed by atoms with Crippen LogP contribution in [0.15, 0.2) is 12.1 Å². The lowest BCUT2D eigenvalue weighted by Crippen LogP contribution is -2.16. The van der Waals surface area contributed by atoms with Crippen LogP contribution in [0.3, 0.4) is 0 Å². The SMILES string of the molecule is Nc1cc(Cl)cc(Cl)c1NC(=O)CCCSCC(O)CO. The number of rotatable bonds is 8. The largest absolute Gasteiger partial charge is 0.397 e. The minimum atomic E-state index is -0.712. The van der Waals surface area contributed by atoms with Crippen molar-refractivity contribution in [2.24, 2.45) is 0 Å². The first kappa shape index (κ1) is 18.4. The van der Waals surface area contributed by atoms with E-state index in [1.54, 1.807) is 0 Å². The highest BCUT2D eigenvalue weighted by Crippen LogP contribution is 2.32. The summed E-state index contributed by atoms with van der Waals surface area (Å²) in [5.74, 6) is 0.983. The van der Waals surface area contributed by atoms with Crippen molar-refractivity contribution in [1.82, 2.24) is 0 Å². The van der Waals surface area contributed by atoms with Crippen molar-refractivity contribution in [2.45, 2.75) is 18.9 Å². The van der Waals surface area contributed by atoms with Gasteiger partial charge in [-0.3, -0.25) is 4.79 Å². The molecule has 0 radical (unpaired) electrons. The molecule has 1 unspecified atom stereocenters. The number of carbonyl (C=O) groups is 1. The predicted molar refractivity (Wildman–Crippen MR) is 89.2 cm³/mol. The van der Waals surface area contributed by atoms with Gasteiger partial charge in [0.25, 0.3) is 0 Å². The van der Waals surface area contributed by atoms with Gasteiger partial charge >= 0.3 is 0 Å². The molecule has 0 saturated heterocycles. The van der Waals surface area contributed by atoms with E-state index in [-0.39, 0.29) is 12.5 Å². The minimum Gasteiger partial charge on any atom is -0.397 e. The van der Waals surface area contributed by atoms with Crippen LogP contribution in [-0.4, -0.2) is 40.3 Å². The van der Waals surface area contributed by atoms with Gasteiger partial charge in [-0.05, 0) is 24.3 Å². The molecule has 8 heteroatoms. The van der Waals surface area contributed by atoms with E-state index in [9.17, 15) is 4.79 Å². The standard InChI is InChI=1S/C13H18Cl2N2O3S/c14-8-4-10(15)13(11(16)5-8)17-12(20)2-1-3-21-7-9(19)6-18/h4-5,9,18-19H,1-3,6-7,16H2,(H,17,20). The average Bonchev–Trinajstić information content (AvgIpc) is 2.42. The molecule has 1 aromatic rings. The number of carbonyl (C=O) groups excluding carboxylic acids is 1. The van der Waals surface area contributed by atoms with Gasteiger partial charge in [-0.15, -0.1) is 0 Å². The van der Waals surface area contributed by atoms with Gasteiger partial charge in [-0.25, -0.2) is 0 Å². The van der Waals surface area contributed by atoms with Crippen LogP contribution in [0.2, 0.25) is 10.0 Å². The average molecular weight is 353 g/mol. The molecular formula is C13H18Cl2N2O3S. The van der Waals surface area contributed by atoms with Crippen LogP contribution in [0.4, 0.5) is 11.4 Å². The van der Waals surface area contributed by atoms with Crippen molar-refractivity contribution in [3.8, 4) is 0 Å². The second-order valence-corrected chi connectivity index (χ2v) is 6.41. The van der Waals surface area contributed by atoms with Crippen molar-refractivity contribution in [3.05, 3.63) is 22.2 Å². The lowest BCUT2D eigenvalue weighted by Gasteiger charge is -2.11. The third kappa shape index (κ3) is 6.76. The lowest BCUT2D eigenvalue weighted by molar-refractivity contribution is -0.116. The van der Waals surface area contributed by atoms with Gasteiger partial charge in [0, 0.05) is 17.2 Å². The number of hydrogen-bond donors (Lipinski definition) is 4. The molecule has 0 aliphatic carbocycles. The number of aliphatic hydroxyl groups is 2. The summed E-state index contributed by atoms with van der Waals surface area (Å²) in [4.78, 5) is 11.8. The number of anilines is 2. The van der Waals surface area contributed by atoms with E-state index < -0.39 is 6.10 Å². The summed E-state index contributed by atoms with van der Waals surface area (Å²) in [5, 5.41) is 21.2. The number of nitrogens with one attached hydrogen (secondary N) is 1. The molecule has 0 aliphatic heterocycles. The van der Waals surface area contributed by atoms with Crippen molar-refractivity contribution < 1.29 is 15.0 Å². The summed E-state index contributed by atoms with van der Waals surface area (Å²) in [5.41, 5.74) is 6.45. The maximum Gasteiger partial charge on any atom is 0.224 e. The van der Waals surface area contributed by atoms with E-state index in [2.05, 4.69) is 5.32 Å². The monoisotopic (exact) mass is 352 g/mol. The summed E-state index contributed by atoms with van der Waals surface area (Å²) in [7, 11) is 0. The number of nitrogens with two attached hydrogens (primary N) is 1. The number of amides is 1. The molecule has 5 N–H and O–H groups in total. The van der Waals surface area contributed by atoms with E-state index in [1.165, 1.54) is 23.9 Å². The minimum absolute atomic E-state index is 0.186. The summed E-state index contributed by atoms with van der Waals surface area (Å²) in [6.45, 7) is -0.248. The molecule has 1 aromatic carbocycles. The molecule has 1 amide bonds. The van der Waals surface area contributed by atoms with Gasteiger partial charge in [-0.1, -0.05) is 23.2 Å². The molecule has 0 heterocycles. The number of aliphatic hydroxyl groups excluding tert-OH is 2. The van der Waals surface area contributed by atoms with Crippen molar-refractivity contribution >= 4 is 52.2 Å². The fourth-order valence-corrected chi connectivity index (χ4v) is 2.98. The van der Waals surface area contributed by atoms with E-state index in [0.29, 0.717) is 45.8 Å². The van der Waals surface area contributed by atoms with Crippen LogP contribution < -0.4 is 11.1 Å². The molecule has 0 saturated carbocycles. The molecule has 118 valence electrons. The molecule has 0 bridgehead atoms. The molecule has 0 fully saturated rings. The second-order valence-electron chi connectivity index (χ2n) is 4.41. The van der Waals surface area contributed by atoms with E-state index in [1.807, 2.05) is 0 Å². The van der Waals surface area contributed by atoms with E-state index >= 15 is 0 Å². The fourth-order valence-electron chi connectivity index (χ4n) is 1.53. The molecule has 0 spiro atoms. The molecular weight excluding hydrogens is 335 g/mol. The number of hydrogen-bond acceptors (Lipinski definition) is 5. The fraction of sp³-hybridized carbons (Fsp3) is 0.462. The Morgan fingerprint density at radius 1 is 1.43 bits per heavy atom. The van der Waals surface area contributed by atoms with Crippen LogP contribution in [0.1, 0.15) is 12.8 Å².